The number of benzene rings is 3. The fraction of sp³-hybridized carbons (Fsp3) is 0.0870. The number of aromatic nitrogens is 1. The van der Waals surface area contributed by atoms with E-state index >= 15 is 0 Å². The van der Waals surface area contributed by atoms with Crippen LogP contribution in [0.2, 0.25) is 0 Å². The van der Waals surface area contributed by atoms with Gasteiger partial charge in [-0.2, -0.15) is 0 Å². The Morgan fingerprint density at radius 2 is 1.43 bits per heavy atom. The molecular formula is C23H18BrNO4S. The van der Waals surface area contributed by atoms with E-state index in [2.05, 4.69) is 21.1 Å². The van der Waals surface area contributed by atoms with Crippen LogP contribution in [0.15, 0.2) is 91.8 Å². The fourth-order valence-electron chi connectivity index (χ4n) is 3.10. The summed E-state index contributed by atoms with van der Waals surface area (Å²) in [5.41, 5.74) is 4.53. The summed E-state index contributed by atoms with van der Waals surface area (Å²) in [5, 5.41) is 3.52. The average molecular weight is 484 g/mol. The van der Waals surface area contributed by atoms with Crippen LogP contribution in [-0.4, -0.2) is 20.7 Å². The fourth-order valence-corrected chi connectivity index (χ4v) is 5.11. The van der Waals surface area contributed by atoms with Gasteiger partial charge >= 0.3 is 0 Å². The monoisotopic (exact) mass is 483 g/mol. The Balaban J connectivity index is 1.61. The molecule has 0 saturated heterocycles. The Labute approximate surface area is 183 Å². The number of sulfone groups is 1. The van der Waals surface area contributed by atoms with Crippen molar-refractivity contribution in [3.05, 3.63) is 83.0 Å². The minimum absolute atomic E-state index is 0.149. The molecule has 0 atom stereocenters. The van der Waals surface area contributed by atoms with Gasteiger partial charge in [-0.3, -0.25) is 0 Å². The van der Waals surface area contributed by atoms with Crippen LogP contribution in [0.5, 0.6) is 5.75 Å². The number of hydrogen-bond donors (Lipinski definition) is 0. The number of ether oxygens (including phenoxy) is 1. The predicted octanol–water partition coefficient (Wildman–Crippen LogP) is 5.92. The molecule has 3 aromatic carbocycles. The molecule has 0 amide bonds. The van der Waals surface area contributed by atoms with E-state index in [1.165, 1.54) is 0 Å². The molecule has 30 heavy (non-hydrogen) atoms. The predicted molar refractivity (Wildman–Crippen MR) is 118 cm³/mol. The Bertz CT molecular complexity index is 1290. The number of methoxy groups -OCH3 is 1. The molecule has 0 aliphatic heterocycles. The smallest absolute Gasteiger partial charge is 0.269 e. The highest BCUT2D eigenvalue weighted by Gasteiger charge is 2.27. The maximum absolute atomic E-state index is 12.8. The van der Waals surface area contributed by atoms with Crippen molar-refractivity contribution >= 4 is 25.8 Å². The molecule has 0 aliphatic rings. The summed E-state index contributed by atoms with van der Waals surface area (Å²) in [7, 11) is -2.14. The second-order valence-electron chi connectivity index (χ2n) is 6.71. The van der Waals surface area contributed by atoms with E-state index in [9.17, 15) is 8.42 Å². The summed E-state index contributed by atoms with van der Waals surface area (Å²) in [6.07, 6.45) is 0. The summed E-state index contributed by atoms with van der Waals surface area (Å²) in [6, 6.07) is 22.7. The van der Waals surface area contributed by atoms with E-state index in [0.717, 1.165) is 28.0 Å². The quantitative estimate of drug-likeness (QED) is 0.352. The average Bonchev–Trinajstić information content (AvgIpc) is 3.13. The Morgan fingerprint density at radius 3 is 1.97 bits per heavy atom. The lowest BCUT2D eigenvalue weighted by molar-refractivity contribution is 0.335. The van der Waals surface area contributed by atoms with Crippen LogP contribution >= 0.6 is 15.9 Å². The first-order valence-corrected chi connectivity index (χ1v) is 11.4. The Hall–Kier alpha value is -2.90. The molecule has 0 saturated carbocycles. The van der Waals surface area contributed by atoms with Crippen LogP contribution in [0.3, 0.4) is 0 Å². The summed E-state index contributed by atoms with van der Waals surface area (Å²) in [5.74, 6) is 0.807. The van der Waals surface area contributed by atoms with E-state index in [1.807, 2.05) is 48.5 Å². The zero-order valence-electron chi connectivity index (χ0n) is 16.3. The standard InChI is InChI=1S/C23H18BrNO4S/c1-15-22(24)23(29-25-15)30(26,27)21-12-10-17(11-13-21)16-6-8-18(9-7-16)19-4-3-5-20(14-19)28-2/h3-14H,1-2H3. The van der Waals surface area contributed by atoms with Gasteiger partial charge in [-0.15, -0.1) is 0 Å². The summed E-state index contributed by atoms with van der Waals surface area (Å²) < 4.78 is 36.2. The normalized spacial score (nSPS) is 11.4. The molecule has 7 heteroatoms. The third-order valence-corrected chi connectivity index (χ3v) is 7.65. The highest BCUT2D eigenvalue weighted by Crippen LogP contribution is 2.32. The van der Waals surface area contributed by atoms with E-state index in [4.69, 9.17) is 9.26 Å². The molecule has 4 rings (SSSR count). The summed E-state index contributed by atoms with van der Waals surface area (Å²) in [4.78, 5) is 0.149. The maximum Gasteiger partial charge on any atom is 0.269 e. The van der Waals surface area contributed by atoms with Gasteiger partial charge in [-0.05, 0) is 69.4 Å². The molecule has 0 aliphatic carbocycles. The van der Waals surface area contributed by atoms with Crippen LogP contribution in [-0.2, 0) is 9.84 Å². The SMILES string of the molecule is COc1cccc(-c2ccc(-c3ccc(S(=O)(=O)c4onc(C)c4Br)cc3)cc2)c1. The van der Waals surface area contributed by atoms with Crippen LogP contribution in [0.1, 0.15) is 5.69 Å². The molecule has 0 fully saturated rings. The molecule has 0 unspecified atom stereocenters. The van der Waals surface area contributed by atoms with Gasteiger partial charge < -0.3 is 9.26 Å². The van der Waals surface area contributed by atoms with Crippen molar-refractivity contribution in [3.63, 3.8) is 0 Å². The minimum Gasteiger partial charge on any atom is -0.497 e. The highest BCUT2D eigenvalue weighted by atomic mass is 79.9. The first-order valence-electron chi connectivity index (χ1n) is 9.12. The number of rotatable bonds is 5. The van der Waals surface area contributed by atoms with Crippen molar-refractivity contribution in [2.24, 2.45) is 0 Å². The first kappa shape index (κ1) is 20.4. The van der Waals surface area contributed by atoms with Gasteiger partial charge in [-0.1, -0.05) is 53.7 Å². The largest absolute Gasteiger partial charge is 0.497 e. The number of nitrogens with zero attached hydrogens (tertiary/aromatic N) is 1. The maximum atomic E-state index is 12.8. The molecule has 0 radical (unpaired) electrons. The zero-order valence-corrected chi connectivity index (χ0v) is 18.7. The van der Waals surface area contributed by atoms with Crippen molar-refractivity contribution < 1.29 is 17.7 Å². The summed E-state index contributed by atoms with van der Waals surface area (Å²) in [6.45, 7) is 1.67. The topological polar surface area (TPSA) is 69.4 Å². The molecular weight excluding hydrogens is 466 g/mol. The van der Waals surface area contributed by atoms with E-state index in [-0.39, 0.29) is 9.99 Å². The van der Waals surface area contributed by atoms with Crippen molar-refractivity contribution in [3.8, 4) is 28.0 Å². The molecule has 0 bridgehead atoms. The molecule has 1 aromatic heterocycles. The number of halogens is 1. The van der Waals surface area contributed by atoms with Crippen molar-refractivity contribution in [1.29, 1.82) is 0 Å². The third kappa shape index (κ3) is 3.78. The van der Waals surface area contributed by atoms with E-state index in [1.54, 1.807) is 38.3 Å². The van der Waals surface area contributed by atoms with E-state index < -0.39 is 9.84 Å². The van der Waals surface area contributed by atoms with Crippen LogP contribution in [0.25, 0.3) is 22.3 Å². The van der Waals surface area contributed by atoms with Crippen molar-refractivity contribution in [2.75, 3.05) is 7.11 Å². The number of aryl methyl sites for hydroxylation is 1. The van der Waals surface area contributed by atoms with Gasteiger partial charge in [0, 0.05) is 0 Å². The Kier molecular flexibility index (Phi) is 5.49. The van der Waals surface area contributed by atoms with Crippen LogP contribution < -0.4 is 4.74 Å². The second-order valence-corrected chi connectivity index (χ2v) is 9.35. The Morgan fingerprint density at radius 1 is 0.867 bits per heavy atom. The third-order valence-electron chi connectivity index (χ3n) is 4.79. The molecule has 5 nitrogen and oxygen atoms in total. The van der Waals surface area contributed by atoms with Gasteiger partial charge in [0.2, 0.25) is 9.84 Å². The first-order chi connectivity index (χ1) is 14.4. The minimum atomic E-state index is -3.79. The zero-order chi connectivity index (χ0) is 21.3. The lowest BCUT2D eigenvalue weighted by Crippen LogP contribution is -2.01. The number of hydrogen-bond acceptors (Lipinski definition) is 5. The van der Waals surface area contributed by atoms with Crippen LogP contribution in [0, 0.1) is 6.92 Å². The van der Waals surface area contributed by atoms with Gasteiger partial charge in [0.15, 0.2) is 0 Å². The molecule has 1 heterocycles. The second kappa shape index (κ2) is 8.08. The van der Waals surface area contributed by atoms with Crippen molar-refractivity contribution in [2.45, 2.75) is 16.9 Å². The van der Waals surface area contributed by atoms with Gasteiger partial charge in [-0.25, -0.2) is 8.42 Å². The van der Waals surface area contributed by atoms with Gasteiger partial charge in [0.25, 0.3) is 5.09 Å². The lowest BCUT2D eigenvalue weighted by atomic mass is 10.0. The molecule has 0 spiro atoms. The highest BCUT2D eigenvalue weighted by molar-refractivity contribution is 9.10. The van der Waals surface area contributed by atoms with Crippen LogP contribution in [0.4, 0.5) is 0 Å². The van der Waals surface area contributed by atoms with Gasteiger partial charge in [0.1, 0.15) is 5.75 Å². The lowest BCUT2D eigenvalue weighted by Gasteiger charge is -2.08. The van der Waals surface area contributed by atoms with Gasteiger partial charge in [0.05, 0.1) is 22.2 Å². The van der Waals surface area contributed by atoms with E-state index in [0.29, 0.717) is 10.2 Å². The summed E-state index contributed by atoms with van der Waals surface area (Å²) >= 11 is 3.23. The van der Waals surface area contributed by atoms with Crippen molar-refractivity contribution in [1.82, 2.24) is 5.16 Å². The molecule has 0 N–H and O–H groups in total. The molecule has 152 valence electrons. The molecule has 4 aromatic rings.